The summed E-state index contributed by atoms with van der Waals surface area (Å²) < 4.78 is 11.1. The van der Waals surface area contributed by atoms with E-state index in [1.165, 1.54) is 6.92 Å². The highest BCUT2D eigenvalue weighted by Gasteiger charge is 2.38. The second-order valence-electron chi connectivity index (χ2n) is 8.65. The normalized spacial score (nSPS) is 17.4. The maximum Gasteiger partial charge on any atom is 0.407 e. The van der Waals surface area contributed by atoms with Gasteiger partial charge in [-0.2, -0.15) is 0 Å². The lowest BCUT2D eigenvalue weighted by Crippen LogP contribution is -2.55. The number of rotatable bonds is 7. The van der Waals surface area contributed by atoms with Gasteiger partial charge in [0.05, 0.1) is 12.0 Å². The van der Waals surface area contributed by atoms with Crippen LogP contribution in [0.15, 0.2) is 48.5 Å². The number of carbonyl (C=O) groups is 3. The Morgan fingerprint density at radius 1 is 1.06 bits per heavy atom. The Labute approximate surface area is 192 Å². The van der Waals surface area contributed by atoms with Crippen LogP contribution in [0.1, 0.15) is 43.2 Å². The molecular formula is C25H28N2O6. The molecule has 1 heterocycles. The van der Waals surface area contributed by atoms with Crippen molar-refractivity contribution in [2.45, 2.75) is 43.7 Å². The summed E-state index contributed by atoms with van der Waals surface area (Å²) in [4.78, 5) is 36.3. The smallest absolute Gasteiger partial charge is 0.407 e. The fourth-order valence-corrected chi connectivity index (χ4v) is 4.62. The van der Waals surface area contributed by atoms with Crippen molar-refractivity contribution in [2.75, 3.05) is 19.8 Å². The Hall–Kier alpha value is -3.39. The molecule has 2 aromatic rings. The lowest BCUT2D eigenvalue weighted by molar-refractivity contribution is -0.141. The van der Waals surface area contributed by atoms with E-state index in [2.05, 4.69) is 34.9 Å². The van der Waals surface area contributed by atoms with Gasteiger partial charge in [0.2, 0.25) is 5.91 Å². The molecule has 1 fully saturated rings. The first-order valence-corrected chi connectivity index (χ1v) is 11.1. The third kappa shape index (κ3) is 5.01. The molecule has 0 radical (unpaired) electrons. The number of amides is 2. The van der Waals surface area contributed by atoms with Crippen molar-refractivity contribution >= 4 is 18.0 Å². The van der Waals surface area contributed by atoms with Crippen LogP contribution >= 0.6 is 0 Å². The standard InChI is InChI=1S/C25H28N2O6/c1-16(23(29)30)26-22(28)14-25(10-12-32-13-11-25)27-24(31)33-15-21-19-8-4-2-6-17(19)18-7-3-5-9-20(18)21/h2-9,16,21H,10-15H2,1H3,(H,26,28)(H,27,31)(H,29,30)/t16-/m0/s1. The maximum absolute atomic E-state index is 12.8. The van der Waals surface area contributed by atoms with E-state index in [0.29, 0.717) is 26.1 Å². The Morgan fingerprint density at radius 3 is 2.21 bits per heavy atom. The highest BCUT2D eigenvalue weighted by atomic mass is 16.5. The molecule has 1 atom stereocenters. The van der Waals surface area contributed by atoms with Crippen molar-refractivity contribution in [3.05, 3.63) is 59.7 Å². The van der Waals surface area contributed by atoms with E-state index in [4.69, 9.17) is 14.6 Å². The number of aliphatic carboxylic acids is 1. The Morgan fingerprint density at radius 2 is 1.64 bits per heavy atom. The van der Waals surface area contributed by atoms with Gasteiger partial charge in [-0.3, -0.25) is 9.59 Å². The number of carboxylic acids is 1. The molecule has 1 saturated heterocycles. The van der Waals surface area contributed by atoms with Crippen LogP contribution < -0.4 is 10.6 Å². The molecule has 0 bridgehead atoms. The summed E-state index contributed by atoms with van der Waals surface area (Å²) in [7, 11) is 0. The number of nitrogens with one attached hydrogen (secondary N) is 2. The van der Waals surface area contributed by atoms with E-state index in [1.54, 1.807) is 0 Å². The highest BCUT2D eigenvalue weighted by Crippen LogP contribution is 2.44. The van der Waals surface area contributed by atoms with Crippen LogP contribution in [0.4, 0.5) is 4.79 Å². The Balaban J connectivity index is 1.42. The van der Waals surface area contributed by atoms with Gasteiger partial charge in [-0.05, 0) is 42.0 Å². The molecule has 3 N–H and O–H groups in total. The third-order valence-electron chi connectivity index (χ3n) is 6.41. The van der Waals surface area contributed by atoms with E-state index in [0.717, 1.165) is 22.3 Å². The number of alkyl carbamates (subject to hydrolysis) is 1. The number of carbonyl (C=O) groups excluding carboxylic acids is 2. The SMILES string of the molecule is C[C@H](NC(=O)CC1(NC(=O)OCC2c3ccccc3-c3ccccc32)CCOCC1)C(=O)O. The minimum absolute atomic E-state index is 0.0435. The zero-order valence-electron chi connectivity index (χ0n) is 18.5. The Bertz CT molecular complexity index is 1000. The van der Waals surface area contributed by atoms with Crippen LogP contribution in [0.5, 0.6) is 0 Å². The summed E-state index contributed by atoms with van der Waals surface area (Å²) in [5, 5.41) is 14.4. The summed E-state index contributed by atoms with van der Waals surface area (Å²) in [5.41, 5.74) is 3.69. The van der Waals surface area contributed by atoms with Crippen LogP contribution in [-0.2, 0) is 19.1 Å². The van der Waals surface area contributed by atoms with Gasteiger partial charge in [0.15, 0.2) is 0 Å². The minimum Gasteiger partial charge on any atom is -0.480 e. The average molecular weight is 453 g/mol. The lowest BCUT2D eigenvalue weighted by Gasteiger charge is -2.37. The van der Waals surface area contributed by atoms with Gasteiger partial charge in [-0.25, -0.2) is 4.79 Å². The Kier molecular flexibility index (Phi) is 6.65. The highest BCUT2D eigenvalue weighted by molar-refractivity contribution is 5.84. The van der Waals surface area contributed by atoms with Gasteiger partial charge in [0.25, 0.3) is 0 Å². The van der Waals surface area contributed by atoms with E-state index in [9.17, 15) is 14.4 Å². The molecular weight excluding hydrogens is 424 g/mol. The van der Waals surface area contributed by atoms with Crippen LogP contribution in [0, 0.1) is 0 Å². The van der Waals surface area contributed by atoms with Crippen molar-refractivity contribution in [2.24, 2.45) is 0 Å². The zero-order valence-corrected chi connectivity index (χ0v) is 18.5. The molecule has 174 valence electrons. The van der Waals surface area contributed by atoms with Gasteiger partial charge in [-0.15, -0.1) is 0 Å². The quantitative estimate of drug-likeness (QED) is 0.595. The number of benzene rings is 2. The predicted molar refractivity (Wildman–Crippen MR) is 121 cm³/mol. The molecule has 2 aliphatic rings. The summed E-state index contributed by atoms with van der Waals surface area (Å²) >= 11 is 0. The average Bonchev–Trinajstić information content (AvgIpc) is 3.11. The van der Waals surface area contributed by atoms with Crippen molar-refractivity contribution in [1.82, 2.24) is 10.6 Å². The molecule has 0 unspecified atom stereocenters. The third-order valence-corrected chi connectivity index (χ3v) is 6.41. The lowest BCUT2D eigenvalue weighted by atomic mass is 9.86. The van der Waals surface area contributed by atoms with Crippen LogP contribution in [0.25, 0.3) is 11.1 Å². The van der Waals surface area contributed by atoms with E-state index >= 15 is 0 Å². The van der Waals surface area contributed by atoms with Crippen molar-refractivity contribution < 1.29 is 29.0 Å². The molecule has 1 aliphatic heterocycles. The molecule has 2 aromatic carbocycles. The number of carboxylic acid groups (broad SMARTS) is 1. The molecule has 0 aromatic heterocycles. The molecule has 4 rings (SSSR count). The fourth-order valence-electron chi connectivity index (χ4n) is 4.62. The first-order valence-electron chi connectivity index (χ1n) is 11.1. The predicted octanol–water partition coefficient (Wildman–Crippen LogP) is 3.05. The minimum atomic E-state index is -1.12. The molecule has 0 saturated carbocycles. The maximum atomic E-state index is 12.8. The summed E-state index contributed by atoms with van der Waals surface area (Å²) in [6.45, 7) is 2.36. The number of fused-ring (bicyclic) bond motifs is 3. The van der Waals surface area contributed by atoms with Gasteiger partial charge in [-0.1, -0.05) is 48.5 Å². The van der Waals surface area contributed by atoms with Crippen molar-refractivity contribution in [3.8, 4) is 11.1 Å². The largest absolute Gasteiger partial charge is 0.480 e. The number of hydrogen-bond donors (Lipinski definition) is 3. The first kappa shape index (κ1) is 22.8. The van der Waals surface area contributed by atoms with Crippen molar-refractivity contribution in [3.63, 3.8) is 0 Å². The summed E-state index contributed by atoms with van der Waals surface area (Å²) in [5.74, 6) is -1.62. The molecule has 33 heavy (non-hydrogen) atoms. The molecule has 8 heteroatoms. The molecule has 1 aliphatic carbocycles. The van der Waals surface area contributed by atoms with E-state index < -0.39 is 29.6 Å². The van der Waals surface area contributed by atoms with Gasteiger partial charge in [0, 0.05) is 19.1 Å². The van der Waals surface area contributed by atoms with Crippen LogP contribution in [0.2, 0.25) is 0 Å². The van der Waals surface area contributed by atoms with Crippen molar-refractivity contribution in [1.29, 1.82) is 0 Å². The first-order chi connectivity index (χ1) is 15.9. The molecule has 2 amide bonds. The van der Waals surface area contributed by atoms with Crippen LogP contribution in [-0.4, -0.2) is 54.5 Å². The fraction of sp³-hybridized carbons (Fsp3) is 0.400. The second-order valence-corrected chi connectivity index (χ2v) is 8.65. The van der Waals surface area contributed by atoms with Gasteiger partial charge >= 0.3 is 12.1 Å². The topological polar surface area (TPSA) is 114 Å². The summed E-state index contributed by atoms with van der Waals surface area (Å²) in [6.07, 6.45) is 0.230. The van der Waals surface area contributed by atoms with E-state index in [-0.39, 0.29) is 18.9 Å². The zero-order chi connectivity index (χ0) is 23.4. The van der Waals surface area contributed by atoms with E-state index in [1.807, 2.05) is 24.3 Å². The number of hydrogen-bond acceptors (Lipinski definition) is 5. The summed E-state index contributed by atoms with van der Waals surface area (Å²) in [6, 6.07) is 15.2. The molecule has 0 spiro atoms. The number of ether oxygens (including phenoxy) is 2. The monoisotopic (exact) mass is 452 g/mol. The van der Waals surface area contributed by atoms with Crippen LogP contribution in [0.3, 0.4) is 0 Å². The second kappa shape index (κ2) is 9.62. The van der Waals surface area contributed by atoms with Gasteiger partial charge in [0.1, 0.15) is 12.6 Å². The molecule has 8 nitrogen and oxygen atoms in total. The van der Waals surface area contributed by atoms with Gasteiger partial charge < -0.3 is 25.2 Å².